The third-order valence-corrected chi connectivity index (χ3v) is 4.69. The number of alkyl halides is 3. The van der Waals surface area contributed by atoms with Gasteiger partial charge in [-0.3, -0.25) is 4.98 Å². The Morgan fingerprint density at radius 1 is 1.00 bits per heavy atom. The Labute approximate surface area is 176 Å². The van der Waals surface area contributed by atoms with Crippen molar-refractivity contribution in [1.82, 2.24) is 14.8 Å². The number of para-hydroxylation sites is 1. The fourth-order valence-corrected chi connectivity index (χ4v) is 3.19. The fourth-order valence-electron chi connectivity index (χ4n) is 3.19. The standard InChI is InChI=1S/C23H16F3N5/c24-23(25,26)21-12-19(7-6-17(21)13-27)29-14-18-15-31(20-4-2-1-3-5-20)30-22(18)16-8-10-28-11-9-16/h1-12,15,29H,14H2. The monoisotopic (exact) mass is 419 g/mol. The van der Waals surface area contributed by atoms with Crippen molar-refractivity contribution in [2.45, 2.75) is 12.7 Å². The summed E-state index contributed by atoms with van der Waals surface area (Å²) < 4.78 is 41.5. The molecule has 8 heteroatoms. The van der Waals surface area contributed by atoms with Crippen LogP contribution >= 0.6 is 0 Å². The van der Waals surface area contributed by atoms with Crippen molar-refractivity contribution >= 4 is 5.69 Å². The molecule has 0 aliphatic carbocycles. The average Bonchev–Trinajstić information content (AvgIpc) is 3.22. The SMILES string of the molecule is N#Cc1ccc(NCc2cn(-c3ccccc3)nc2-c2ccncc2)cc1C(F)(F)F. The van der Waals surface area contributed by atoms with Gasteiger partial charge in [-0.15, -0.1) is 0 Å². The Bertz CT molecular complexity index is 1230. The Kier molecular flexibility index (Phi) is 5.41. The van der Waals surface area contributed by atoms with Crippen LogP contribution in [0, 0.1) is 11.3 Å². The first-order valence-corrected chi connectivity index (χ1v) is 9.35. The van der Waals surface area contributed by atoms with E-state index in [9.17, 15) is 13.2 Å². The molecule has 4 aromatic rings. The van der Waals surface area contributed by atoms with E-state index in [-0.39, 0.29) is 12.2 Å². The number of nitriles is 1. The van der Waals surface area contributed by atoms with E-state index in [1.165, 1.54) is 12.1 Å². The maximum atomic E-state index is 13.3. The molecule has 0 atom stereocenters. The minimum atomic E-state index is -4.61. The van der Waals surface area contributed by atoms with Crippen LogP contribution < -0.4 is 5.32 Å². The number of halogens is 3. The Morgan fingerprint density at radius 2 is 1.74 bits per heavy atom. The Balaban J connectivity index is 1.67. The molecule has 0 unspecified atom stereocenters. The summed E-state index contributed by atoms with van der Waals surface area (Å²) in [7, 11) is 0. The molecule has 4 rings (SSSR count). The zero-order chi connectivity index (χ0) is 21.8. The quantitative estimate of drug-likeness (QED) is 0.468. The van der Waals surface area contributed by atoms with E-state index in [1.54, 1.807) is 23.1 Å². The van der Waals surface area contributed by atoms with Crippen molar-refractivity contribution in [3.8, 4) is 23.0 Å². The van der Waals surface area contributed by atoms with Crippen LogP contribution in [0.2, 0.25) is 0 Å². The predicted octanol–water partition coefficient (Wildman–Crippen LogP) is 5.44. The third-order valence-electron chi connectivity index (χ3n) is 4.69. The second-order valence-corrected chi connectivity index (χ2v) is 6.74. The van der Waals surface area contributed by atoms with E-state index < -0.39 is 17.3 Å². The number of nitrogens with zero attached hydrogens (tertiary/aromatic N) is 4. The molecule has 0 fully saturated rings. The predicted molar refractivity (Wildman–Crippen MR) is 110 cm³/mol. The highest BCUT2D eigenvalue weighted by Crippen LogP contribution is 2.34. The molecule has 1 N–H and O–H groups in total. The molecular formula is C23H16F3N5. The second kappa shape index (κ2) is 8.32. The molecule has 0 aliphatic heterocycles. The molecule has 154 valence electrons. The lowest BCUT2D eigenvalue weighted by atomic mass is 10.1. The summed E-state index contributed by atoms with van der Waals surface area (Å²) in [4.78, 5) is 4.03. The van der Waals surface area contributed by atoms with Gasteiger partial charge in [0.15, 0.2) is 0 Å². The lowest BCUT2D eigenvalue weighted by Crippen LogP contribution is -2.09. The fraction of sp³-hybridized carbons (Fsp3) is 0.0870. The van der Waals surface area contributed by atoms with Crippen LogP contribution in [0.4, 0.5) is 18.9 Å². The van der Waals surface area contributed by atoms with Gasteiger partial charge in [0, 0.05) is 41.9 Å². The molecular weight excluding hydrogens is 403 g/mol. The zero-order valence-corrected chi connectivity index (χ0v) is 16.1. The van der Waals surface area contributed by atoms with E-state index in [0.717, 1.165) is 22.9 Å². The summed E-state index contributed by atoms with van der Waals surface area (Å²) in [5.74, 6) is 0. The van der Waals surface area contributed by atoms with Gasteiger partial charge in [-0.25, -0.2) is 4.68 Å². The van der Waals surface area contributed by atoms with Gasteiger partial charge < -0.3 is 5.32 Å². The smallest absolute Gasteiger partial charge is 0.381 e. The van der Waals surface area contributed by atoms with Crippen molar-refractivity contribution in [1.29, 1.82) is 5.26 Å². The number of hydrogen-bond acceptors (Lipinski definition) is 4. The van der Waals surface area contributed by atoms with Gasteiger partial charge in [-0.05, 0) is 42.5 Å². The summed E-state index contributed by atoms with van der Waals surface area (Å²) in [6.45, 7) is 0.244. The first-order chi connectivity index (χ1) is 15.0. The maximum absolute atomic E-state index is 13.3. The minimum absolute atomic E-state index is 0.244. The van der Waals surface area contributed by atoms with Gasteiger partial charge in [0.1, 0.15) is 0 Å². The van der Waals surface area contributed by atoms with E-state index in [2.05, 4.69) is 15.4 Å². The van der Waals surface area contributed by atoms with Gasteiger partial charge in [0.05, 0.1) is 28.6 Å². The van der Waals surface area contributed by atoms with Gasteiger partial charge in [-0.1, -0.05) is 18.2 Å². The van der Waals surface area contributed by atoms with Crippen LogP contribution in [0.15, 0.2) is 79.3 Å². The minimum Gasteiger partial charge on any atom is -0.381 e. The van der Waals surface area contributed by atoms with Crippen LogP contribution in [0.1, 0.15) is 16.7 Å². The highest BCUT2D eigenvalue weighted by molar-refractivity contribution is 5.63. The molecule has 0 bridgehead atoms. The number of anilines is 1. The molecule has 0 amide bonds. The molecule has 31 heavy (non-hydrogen) atoms. The summed E-state index contributed by atoms with van der Waals surface area (Å²) >= 11 is 0. The van der Waals surface area contributed by atoms with Crippen molar-refractivity contribution in [2.75, 3.05) is 5.32 Å². The number of aromatic nitrogens is 3. The molecule has 2 aromatic carbocycles. The molecule has 2 aromatic heterocycles. The summed E-state index contributed by atoms with van der Waals surface area (Å²) in [6, 6.07) is 18.3. The zero-order valence-electron chi connectivity index (χ0n) is 16.1. The molecule has 0 aliphatic rings. The first kappa shape index (κ1) is 20.2. The summed E-state index contributed by atoms with van der Waals surface area (Å²) in [5.41, 5.74) is 2.09. The number of rotatable bonds is 5. The first-order valence-electron chi connectivity index (χ1n) is 9.35. The van der Waals surface area contributed by atoms with Crippen molar-refractivity contribution in [3.05, 3.63) is 95.9 Å². The van der Waals surface area contributed by atoms with Crippen LogP contribution in [-0.2, 0) is 12.7 Å². The molecule has 5 nitrogen and oxygen atoms in total. The van der Waals surface area contributed by atoms with E-state index in [1.807, 2.05) is 48.7 Å². The van der Waals surface area contributed by atoms with Crippen molar-refractivity contribution in [3.63, 3.8) is 0 Å². The number of nitrogens with one attached hydrogen (secondary N) is 1. The lowest BCUT2D eigenvalue weighted by Gasteiger charge is -2.12. The highest BCUT2D eigenvalue weighted by Gasteiger charge is 2.33. The van der Waals surface area contributed by atoms with Crippen molar-refractivity contribution in [2.24, 2.45) is 0 Å². The molecule has 2 heterocycles. The van der Waals surface area contributed by atoms with E-state index >= 15 is 0 Å². The number of hydrogen-bond donors (Lipinski definition) is 1. The van der Waals surface area contributed by atoms with Gasteiger partial charge in [0.25, 0.3) is 0 Å². The summed E-state index contributed by atoms with van der Waals surface area (Å²) in [6.07, 6.45) is 0.546. The normalized spacial score (nSPS) is 11.2. The average molecular weight is 419 g/mol. The largest absolute Gasteiger partial charge is 0.417 e. The van der Waals surface area contributed by atoms with Gasteiger partial charge in [-0.2, -0.15) is 23.5 Å². The topological polar surface area (TPSA) is 66.5 Å². The highest BCUT2D eigenvalue weighted by atomic mass is 19.4. The second-order valence-electron chi connectivity index (χ2n) is 6.74. The Hall–Kier alpha value is -4.12. The lowest BCUT2D eigenvalue weighted by molar-refractivity contribution is -0.137. The number of pyridine rings is 1. The van der Waals surface area contributed by atoms with Crippen LogP contribution in [-0.4, -0.2) is 14.8 Å². The maximum Gasteiger partial charge on any atom is 0.417 e. The molecule has 0 saturated carbocycles. The van der Waals surface area contributed by atoms with Crippen LogP contribution in [0.25, 0.3) is 16.9 Å². The van der Waals surface area contributed by atoms with Gasteiger partial charge in [0.2, 0.25) is 0 Å². The van der Waals surface area contributed by atoms with Crippen molar-refractivity contribution < 1.29 is 13.2 Å². The molecule has 0 radical (unpaired) electrons. The Morgan fingerprint density at radius 3 is 2.42 bits per heavy atom. The molecule has 0 saturated heterocycles. The van der Waals surface area contributed by atoms with E-state index in [4.69, 9.17) is 5.26 Å². The van der Waals surface area contributed by atoms with E-state index in [0.29, 0.717) is 5.69 Å². The third kappa shape index (κ3) is 4.41. The van der Waals surface area contributed by atoms with Crippen LogP contribution in [0.3, 0.4) is 0 Å². The molecule has 0 spiro atoms. The number of benzene rings is 2. The van der Waals surface area contributed by atoms with Gasteiger partial charge >= 0.3 is 6.18 Å². The van der Waals surface area contributed by atoms with Crippen LogP contribution in [0.5, 0.6) is 0 Å². The summed E-state index contributed by atoms with van der Waals surface area (Å²) in [5, 5.41) is 16.7.